The Labute approximate surface area is 122 Å². The second-order valence-electron chi connectivity index (χ2n) is 4.55. The molecular weight excluding hydrogens is 282 g/mol. The van der Waals surface area contributed by atoms with Gasteiger partial charge in [0, 0.05) is 10.6 Å². The third-order valence-corrected chi connectivity index (χ3v) is 3.33. The largest absolute Gasteiger partial charge is 0.496 e. The maximum absolute atomic E-state index is 11.7. The Morgan fingerprint density at radius 2 is 2.15 bits per heavy atom. The molecule has 4 N–H and O–H groups in total. The first-order valence-corrected chi connectivity index (χ1v) is 6.48. The summed E-state index contributed by atoms with van der Waals surface area (Å²) in [6, 6.07) is 4.02. The molecule has 0 fully saturated rings. The third-order valence-electron chi connectivity index (χ3n) is 3.09. The minimum atomic E-state index is -0.852. The molecule has 20 heavy (non-hydrogen) atoms. The molecule has 0 bridgehead atoms. The number of hydrogen-bond acceptors (Lipinski definition) is 3. The molecule has 0 aromatic heterocycles. The average Bonchev–Trinajstić information content (AvgIpc) is 2.37. The van der Waals surface area contributed by atoms with Crippen LogP contribution >= 0.6 is 11.6 Å². The predicted octanol–water partition coefficient (Wildman–Crippen LogP) is -0.0533. The second-order valence-corrected chi connectivity index (χ2v) is 4.99. The highest BCUT2D eigenvalue weighted by atomic mass is 35.5. The minimum absolute atomic E-state index is 0.420. The second kappa shape index (κ2) is 7.12. The topological polar surface area (TPSA) is 85.9 Å². The first kappa shape index (κ1) is 16.3. The lowest BCUT2D eigenvalue weighted by Crippen LogP contribution is -3.12. The van der Waals surface area contributed by atoms with Gasteiger partial charge in [0.05, 0.1) is 14.2 Å². The third kappa shape index (κ3) is 4.40. The van der Waals surface area contributed by atoms with E-state index < -0.39 is 18.0 Å². The Morgan fingerprint density at radius 1 is 1.50 bits per heavy atom. The number of nitrogens with two attached hydrogens (primary N) is 1. The summed E-state index contributed by atoms with van der Waals surface area (Å²) in [5.74, 6) is 0.284. The van der Waals surface area contributed by atoms with Crippen molar-refractivity contribution in [2.45, 2.75) is 19.5 Å². The van der Waals surface area contributed by atoms with Gasteiger partial charge in [0.25, 0.3) is 5.91 Å². The Hall–Kier alpha value is -1.79. The normalized spacial score (nSPS) is 13.4. The molecule has 6 nitrogen and oxygen atoms in total. The molecule has 1 aromatic rings. The predicted molar refractivity (Wildman–Crippen MR) is 75.8 cm³/mol. The van der Waals surface area contributed by atoms with Crippen LogP contribution in [0, 0.1) is 0 Å². The maximum Gasteiger partial charge on any atom is 0.319 e. The average molecular weight is 301 g/mol. The summed E-state index contributed by atoms with van der Waals surface area (Å²) in [5, 5.41) is 2.67. The van der Waals surface area contributed by atoms with Crippen molar-refractivity contribution in [2.75, 3.05) is 14.2 Å². The lowest BCUT2D eigenvalue weighted by molar-refractivity contribution is -0.908. The van der Waals surface area contributed by atoms with Gasteiger partial charge in [0.2, 0.25) is 0 Å². The van der Waals surface area contributed by atoms with Crippen molar-refractivity contribution >= 4 is 23.5 Å². The van der Waals surface area contributed by atoms with Gasteiger partial charge in [-0.2, -0.15) is 0 Å². The number of halogens is 1. The summed E-state index contributed by atoms with van der Waals surface area (Å²) in [6.07, 6.45) is 0. The molecule has 1 unspecified atom stereocenters. The van der Waals surface area contributed by atoms with Crippen molar-refractivity contribution in [1.29, 1.82) is 0 Å². The summed E-state index contributed by atoms with van der Waals surface area (Å²) in [6.45, 7) is 2.24. The van der Waals surface area contributed by atoms with Gasteiger partial charge in [-0.05, 0) is 25.1 Å². The Balaban J connectivity index is 2.79. The van der Waals surface area contributed by atoms with Crippen molar-refractivity contribution in [3.05, 3.63) is 28.8 Å². The molecule has 110 valence electrons. The molecule has 0 aliphatic rings. The Kier molecular flexibility index (Phi) is 5.79. The lowest BCUT2D eigenvalue weighted by atomic mass is 10.1. The molecule has 0 radical (unpaired) electrons. The van der Waals surface area contributed by atoms with Gasteiger partial charge >= 0.3 is 6.03 Å². The van der Waals surface area contributed by atoms with Gasteiger partial charge in [-0.1, -0.05) is 11.6 Å². The highest BCUT2D eigenvalue weighted by Crippen LogP contribution is 2.21. The van der Waals surface area contributed by atoms with E-state index in [1.54, 1.807) is 32.2 Å². The Bertz CT molecular complexity index is 508. The van der Waals surface area contributed by atoms with E-state index in [-0.39, 0.29) is 0 Å². The van der Waals surface area contributed by atoms with Crippen LogP contribution in [0.4, 0.5) is 4.79 Å². The van der Waals surface area contributed by atoms with Gasteiger partial charge in [0.1, 0.15) is 12.3 Å². The number of primary amides is 1. The number of imide groups is 1. The van der Waals surface area contributed by atoms with Crippen LogP contribution in [-0.4, -0.2) is 32.1 Å². The molecule has 2 atom stereocenters. The molecule has 3 amide bonds. The van der Waals surface area contributed by atoms with Crippen molar-refractivity contribution in [3.8, 4) is 5.75 Å². The van der Waals surface area contributed by atoms with Gasteiger partial charge < -0.3 is 15.4 Å². The van der Waals surface area contributed by atoms with Crippen LogP contribution in [0.25, 0.3) is 0 Å². The van der Waals surface area contributed by atoms with E-state index in [1.165, 1.54) is 0 Å². The van der Waals surface area contributed by atoms with E-state index in [0.29, 0.717) is 17.3 Å². The zero-order valence-corrected chi connectivity index (χ0v) is 12.5. The van der Waals surface area contributed by atoms with Crippen molar-refractivity contribution in [1.82, 2.24) is 5.32 Å². The summed E-state index contributed by atoms with van der Waals surface area (Å²) in [7, 11) is 3.41. The zero-order chi connectivity index (χ0) is 15.3. The SMILES string of the molecule is COc1ccc(Cl)cc1C[NH+](C)[C@H](C)C(=O)NC(N)=O. The fraction of sp³-hybridized carbons (Fsp3) is 0.385. The monoisotopic (exact) mass is 300 g/mol. The number of rotatable bonds is 5. The summed E-state index contributed by atoms with van der Waals surface area (Å²) < 4.78 is 5.26. The number of ether oxygens (including phenoxy) is 1. The van der Waals surface area contributed by atoms with E-state index >= 15 is 0 Å². The number of nitrogens with one attached hydrogen (secondary N) is 2. The molecule has 0 aliphatic carbocycles. The number of methoxy groups -OCH3 is 1. The highest BCUT2D eigenvalue weighted by Gasteiger charge is 2.24. The molecule has 1 rings (SSSR count). The smallest absolute Gasteiger partial charge is 0.319 e. The molecular formula is C13H19ClN3O3+. The number of carbonyl (C=O) groups is 2. The number of urea groups is 1. The van der Waals surface area contributed by atoms with Crippen LogP contribution in [0.3, 0.4) is 0 Å². The van der Waals surface area contributed by atoms with Crippen LogP contribution in [0.2, 0.25) is 5.02 Å². The molecule has 0 spiro atoms. The fourth-order valence-corrected chi connectivity index (χ4v) is 1.99. The van der Waals surface area contributed by atoms with Crippen LogP contribution in [0.5, 0.6) is 5.75 Å². The highest BCUT2D eigenvalue weighted by molar-refractivity contribution is 6.30. The quantitative estimate of drug-likeness (QED) is 0.712. The van der Waals surface area contributed by atoms with Crippen molar-refractivity contribution < 1.29 is 19.2 Å². The van der Waals surface area contributed by atoms with Crippen LogP contribution in [0.15, 0.2) is 18.2 Å². The first-order valence-electron chi connectivity index (χ1n) is 6.10. The van der Waals surface area contributed by atoms with E-state index in [4.69, 9.17) is 22.1 Å². The minimum Gasteiger partial charge on any atom is -0.496 e. The number of amides is 3. The Morgan fingerprint density at radius 3 is 2.70 bits per heavy atom. The molecule has 7 heteroatoms. The summed E-state index contributed by atoms with van der Waals surface area (Å²) in [5.41, 5.74) is 5.82. The number of benzene rings is 1. The van der Waals surface area contributed by atoms with E-state index in [0.717, 1.165) is 10.5 Å². The van der Waals surface area contributed by atoms with Crippen LogP contribution in [0.1, 0.15) is 12.5 Å². The summed E-state index contributed by atoms with van der Waals surface area (Å²) in [4.78, 5) is 23.3. The summed E-state index contributed by atoms with van der Waals surface area (Å²) >= 11 is 5.96. The van der Waals surface area contributed by atoms with Gasteiger partial charge in [-0.25, -0.2) is 4.79 Å². The molecule has 0 heterocycles. The maximum atomic E-state index is 11.7. The van der Waals surface area contributed by atoms with E-state index in [2.05, 4.69) is 5.32 Å². The van der Waals surface area contributed by atoms with Gasteiger partial charge in [-0.15, -0.1) is 0 Å². The number of likely N-dealkylation sites (N-methyl/N-ethyl adjacent to an activating group) is 1. The van der Waals surface area contributed by atoms with Crippen molar-refractivity contribution in [3.63, 3.8) is 0 Å². The van der Waals surface area contributed by atoms with Crippen LogP contribution in [-0.2, 0) is 11.3 Å². The first-order chi connectivity index (χ1) is 9.35. The molecule has 0 aliphatic heterocycles. The zero-order valence-electron chi connectivity index (χ0n) is 11.7. The van der Waals surface area contributed by atoms with E-state index in [9.17, 15) is 9.59 Å². The number of quaternary nitrogens is 1. The molecule has 0 saturated heterocycles. The number of carbonyl (C=O) groups excluding carboxylic acids is 2. The van der Waals surface area contributed by atoms with Crippen molar-refractivity contribution in [2.24, 2.45) is 5.73 Å². The number of hydrogen-bond donors (Lipinski definition) is 3. The molecule has 0 saturated carbocycles. The van der Waals surface area contributed by atoms with Gasteiger partial charge in [-0.3, -0.25) is 10.1 Å². The van der Waals surface area contributed by atoms with E-state index in [1.807, 2.05) is 7.05 Å². The van der Waals surface area contributed by atoms with Gasteiger partial charge in [0.15, 0.2) is 6.04 Å². The standard InChI is InChI=1S/C13H18ClN3O3/c1-8(12(18)16-13(15)19)17(2)7-9-6-10(14)4-5-11(9)20-3/h4-6,8H,7H2,1-3H3,(H3,15,16,18,19)/p+1/t8-/m1/s1. The van der Waals surface area contributed by atoms with Crippen LogP contribution < -0.4 is 20.7 Å². The molecule has 1 aromatic carbocycles. The lowest BCUT2D eigenvalue weighted by Gasteiger charge is -2.21. The fourth-order valence-electron chi connectivity index (χ4n) is 1.79.